The monoisotopic (exact) mass is 886 g/mol. The van der Waals surface area contributed by atoms with Crippen LogP contribution in [0.15, 0.2) is 140 Å². The highest BCUT2D eigenvalue weighted by molar-refractivity contribution is 6.30. The summed E-state index contributed by atoms with van der Waals surface area (Å²) in [6.07, 6.45) is 1.98. The van der Waals surface area contributed by atoms with Crippen LogP contribution in [0.5, 0.6) is 0 Å². The fourth-order valence-electron chi connectivity index (χ4n) is 10.5. The van der Waals surface area contributed by atoms with Gasteiger partial charge in [-0.1, -0.05) is 102 Å². The quantitative estimate of drug-likeness (QED) is 0.128. The van der Waals surface area contributed by atoms with Crippen molar-refractivity contribution in [3.05, 3.63) is 200 Å². The van der Waals surface area contributed by atoms with Gasteiger partial charge in [0.2, 0.25) is 11.8 Å². The number of carbonyl (C=O) groups is 4. The van der Waals surface area contributed by atoms with Crippen molar-refractivity contribution in [1.82, 2.24) is 10.6 Å². The van der Waals surface area contributed by atoms with Gasteiger partial charge < -0.3 is 20.4 Å². The van der Waals surface area contributed by atoms with E-state index in [1.807, 2.05) is 134 Å². The summed E-state index contributed by atoms with van der Waals surface area (Å²) in [6.45, 7) is 6.50. The third kappa shape index (κ3) is 7.27. The lowest BCUT2D eigenvalue weighted by Gasteiger charge is -2.20. The molecule has 64 heavy (non-hydrogen) atoms. The molecule has 6 aromatic carbocycles. The van der Waals surface area contributed by atoms with Gasteiger partial charge in [-0.25, -0.2) is 0 Å². The molecule has 2 fully saturated rings. The Balaban J connectivity index is 0.858. The number of benzene rings is 6. The molecule has 2 aliphatic heterocycles. The van der Waals surface area contributed by atoms with Crippen LogP contribution < -0.4 is 20.4 Å². The van der Waals surface area contributed by atoms with Crippen LogP contribution in [-0.4, -0.2) is 35.7 Å². The maximum atomic E-state index is 14.7. The van der Waals surface area contributed by atoms with E-state index in [1.165, 1.54) is 0 Å². The molecule has 5 unspecified atom stereocenters. The Morgan fingerprint density at radius 1 is 0.578 bits per heavy atom. The van der Waals surface area contributed by atoms with Crippen molar-refractivity contribution in [2.75, 3.05) is 9.80 Å². The summed E-state index contributed by atoms with van der Waals surface area (Å²) in [5.74, 6) is -0.125. The van der Waals surface area contributed by atoms with Crippen molar-refractivity contribution in [1.29, 1.82) is 0 Å². The van der Waals surface area contributed by atoms with Crippen LogP contribution in [0.3, 0.4) is 0 Å². The number of halogens is 2. The van der Waals surface area contributed by atoms with Crippen LogP contribution in [0.25, 0.3) is 0 Å². The van der Waals surface area contributed by atoms with Gasteiger partial charge in [0.1, 0.15) is 0 Å². The van der Waals surface area contributed by atoms with Crippen LogP contribution >= 0.6 is 23.2 Å². The third-order valence-electron chi connectivity index (χ3n) is 13.6. The van der Waals surface area contributed by atoms with Gasteiger partial charge in [-0.2, -0.15) is 0 Å². The van der Waals surface area contributed by atoms with Crippen molar-refractivity contribution in [2.45, 2.75) is 87.9 Å². The summed E-state index contributed by atoms with van der Waals surface area (Å²) in [6, 6.07) is 44.6. The zero-order valence-electron chi connectivity index (χ0n) is 35.9. The van der Waals surface area contributed by atoms with Crippen molar-refractivity contribution < 1.29 is 19.2 Å². The molecule has 0 aromatic heterocycles. The van der Waals surface area contributed by atoms with Crippen LogP contribution in [-0.2, 0) is 39.9 Å². The molecule has 6 aromatic rings. The predicted octanol–water partition coefficient (Wildman–Crippen LogP) is 10.4. The van der Waals surface area contributed by atoms with E-state index >= 15 is 0 Å². The fourth-order valence-corrected chi connectivity index (χ4v) is 10.7. The second kappa shape index (κ2) is 16.1. The van der Waals surface area contributed by atoms with Crippen LogP contribution in [0.1, 0.15) is 105 Å². The van der Waals surface area contributed by atoms with Gasteiger partial charge in [0.15, 0.2) is 0 Å². The highest BCUT2D eigenvalue weighted by Crippen LogP contribution is 2.67. The molecule has 2 saturated carbocycles. The number of nitrogens with one attached hydrogen (secondary N) is 2. The molecular weight excluding hydrogens is 840 g/mol. The molecule has 0 bridgehead atoms. The van der Waals surface area contributed by atoms with Gasteiger partial charge in [0.05, 0.1) is 23.9 Å². The van der Waals surface area contributed by atoms with E-state index < -0.39 is 10.8 Å². The van der Waals surface area contributed by atoms with Gasteiger partial charge >= 0.3 is 0 Å². The van der Waals surface area contributed by atoms with Crippen molar-refractivity contribution in [3.63, 3.8) is 0 Å². The second-order valence-corrected chi connectivity index (χ2v) is 19.2. The Labute approximate surface area is 383 Å². The standard InChI is InChI=1S/C54H48Cl2N4O4/c1-32(2)57-49(61)39-10-6-9-36(25-39)31-60-48-27-34(14-23-44(48)54(52(60)64)29-46(54)38-17-21-42(56)22-18-38)24-33(3)58-50(62)40-11-7-8-35(26-40)30-59-47-13-5-4-12-43(47)53(51(59)63)28-45(53)37-15-19-41(55)20-16-37/h4-23,25-27,32-33,45-46H,24,28-31H2,1-3H3,(H,57,61)(H,58,62). The minimum absolute atomic E-state index is 0.00481. The number of para-hydroxylation sites is 1. The van der Waals surface area contributed by atoms with E-state index in [-0.39, 0.29) is 47.5 Å². The topological polar surface area (TPSA) is 98.8 Å². The average molecular weight is 888 g/mol. The maximum absolute atomic E-state index is 14.7. The summed E-state index contributed by atoms with van der Waals surface area (Å²) in [5, 5.41) is 7.49. The molecule has 0 saturated heterocycles. The van der Waals surface area contributed by atoms with Crippen LogP contribution in [0, 0.1) is 0 Å². The minimum atomic E-state index is -0.682. The number of hydrogen-bond acceptors (Lipinski definition) is 4. The van der Waals surface area contributed by atoms with E-state index in [9.17, 15) is 19.2 Å². The van der Waals surface area contributed by atoms with E-state index in [4.69, 9.17) is 23.2 Å². The number of amides is 4. The van der Waals surface area contributed by atoms with E-state index in [0.717, 1.165) is 56.7 Å². The summed E-state index contributed by atoms with van der Waals surface area (Å²) in [7, 11) is 0. The zero-order chi connectivity index (χ0) is 44.5. The largest absolute Gasteiger partial charge is 0.350 e. The highest BCUT2D eigenvalue weighted by atomic mass is 35.5. The van der Waals surface area contributed by atoms with Crippen molar-refractivity contribution in [2.24, 2.45) is 0 Å². The first-order chi connectivity index (χ1) is 30.8. The number of rotatable bonds is 12. The highest BCUT2D eigenvalue weighted by Gasteiger charge is 2.68. The number of fused-ring (bicyclic) bond motifs is 4. The van der Waals surface area contributed by atoms with E-state index in [0.29, 0.717) is 47.1 Å². The molecular formula is C54H48Cl2N4O4. The predicted molar refractivity (Wildman–Crippen MR) is 252 cm³/mol. The Kier molecular flexibility index (Phi) is 10.5. The normalized spacial score (nSPS) is 21.9. The average Bonchev–Trinajstić information content (AvgIpc) is 4.19. The maximum Gasteiger partial charge on any atom is 0.251 e. The van der Waals surface area contributed by atoms with Gasteiger partial charge in [-0.3, -0.25) is 19.2 Å². The number of anilines is 2. The lowest BCUT2D eigenvalue weighted by Crippen LogP contribution is -2.34. The first-order valence-corrected chi connectivity index (χ1v) is 22.8. The first-order valence-electron chi connectivity index (χ1n) is 22.0. The molecule has 322 valence electrons. The molecule has 10 heteroatoms. The fraction of sp³-hybridized carbons (Fsp3) is 0.259. The molecule has 2 N–H and O–H groups in total. The summed E-state index contributed by atoms with van der Waals surface area (Å²) in [5.41, 5.74) is 8.50. The molecule has 2 aliphatic carbocycles. The van der Waals surface area contributed by atoms with Gasteiger partial charge in [0.25, 0.3) is 11.8 Å². The number of hydrogen-bond donors (Lipinski definition) is 2. The van der Waals surface area contributed by atoms with Gasteiger partial charge in [-0.05, 0) is 140 Å². The molecule has 4 aliphatic rings. The molecule has 2 spiro atoms. The lowest BCUT2D eigenvalue weighted by atomic mass is 9.91. The Hall–Kier alpha value is -6.22. The van der Waals surface area contributed by atoms with Crippen LogP contribution in [0.4, 0.5) is 11.4 Å². The molecule has 10 rings (SSSR count). The molecule has 4 amide bonds. The molecule has 0 radical (unpaired) electrons. The van der Waals surface area contributed by atoms with E-state index in [2.05, 4.69) is 34.9 Å². The van der Waals surface area contributed by atoms with Gasteiger partial charge in [-0.15, -0.1) is 0 Å². The SMILES string of the molecule is CC(C)NC(=O)c1cccc(CN2C(=O)C3(CC3c3ccc(Cl)cc3)c3ccc(CC(C)NC(=O)c4cccc(CN5C(=O)C6(CC6c6ccc(Cl)cc6)c6ccccc65)c4)cc32)c1. The Morgan fingerprint density at radius 3 is 1.62 bits per heavy atom. The van der Waals surface area contributed by atoms with E-state index in [1.54, 1.807) is 12.1 Å². The van der Waals surface area contributed by atoms with Gasteiger partial charge in [0, 0.05) is 56.5 Å². The molecule has 2 heterocycles. The Bertz CT molecular complexity index is 2860. The summed E-state index contributed by atoms with van der Waals surface area (Å²) in [4.78, 5) is 59.5. The minimum Gasteiger partial charge on any atom is -0.350 e. The second-order valence-electron chi connectivity index (χ2n) is 18.3. The Morgan fingerprint density at radius 2 is 1.08 bits per heavy atom. The van der Waals surface area contributed by atoms with Crippen molar-refractivity contribution >= 4 is 58.2 Å². The van der Waals surface area contributed by atoms with Crippen LogP contribution in [0.2, 0.25) is 10.0 Å². The summed E-state index contributed by atoms with van der Waals surface area (Å²) < 4.78 is 0. The lowest BCUT2D eigenvalue weighted by molar-refractivity contribution is -0.121. The third-order valence-corrected chi connectivity index (χ3v) is 14.1. The molecule has 8 nitrogen and oxygen atoms in total. The number of nitrogens with zero attached hydrogens (tertiary/aromatic N) is 2. The summed E-state index contributed by atoms with van der Waals surface area (Å²) >= 11 is 12.4. The molecule has 5 atom stereocenters. The van der Waals surface area contributed by atoms with Crippen molar-refractivity contribution in [3.8, 4) is 0 Å². The number of carbonyl (C=O) groups excluding carboxylic acids is 4. The first kappa shape index (κ1) is 41.8. The smallest absolute Gasteiger partial charge is 0.251 e. The zero-order valence-corrected chi connectivity index (χ0v) is 37.4.